The van der Waals surface area contributed by atoms with Gasteiger partial charge in [-0.3, -0.25) is 9.59 Å². The summed E-state index contributed by atoms with van der Waals surface area (Å²) in [6.45, 7) is 3.34. The minimum atomic E-state index is -4.03. The van der Waals surface area contributed by atoms with E-state index in [-0.39, 0.29) is 30.3 Å². The van der Waals surface area contributed by atoms with Gasteiger partial charge in [0.05, 0.1) is 18.6 Å². The van der Waals surface area contributed by atoms with Gasteiger partial charge in [-0.2, -0.15) is 4.31 Å². The van der Waals surface area contributed by atoms with E-state index in [4.69, 9.17) is 4.74 Å². The third-order valence-corrected chi connectivity index (χ3v) is 7.50. The zero-order valence-electron chi connectivity index (χ0n) is 18.9. The Balaban J connectivity index is 1.86. The summed E-state index contributed by atoms with van der Waals surface area (Å²) in [6.07, 6.45) is 0.609. The van der Waals surface area contributed by atoms with Gasteiger partial charge in [0.2, 0.25) is 21.8 Å². The van der Waals surface area contributed by atoms with E-state index in [9.17, 15) is 22.4 Å². The normalized spacial score (nSPS) is 19.4. The number of hydrogen-bond donors (Lipinski definition) is 1. The van der Waals surface area contributed by atoms with Crippen molar-refractivity contribution in [2.45, 2.75) is 37.2 Å². The zero-order chi connectivity index (χ0) is 24.2. The Morgan fingerprint density at radius 2 is 1.79 bits per heavy atom. The van der Waals surface area contributed by atoms with Gasteiger partial charge in [-0.25, -0.2) is 12.8 Å². The quantitative estimate of drug-likeness (QED) is 0.629. The fourth-order valence-corrected chi connectivity index (χ4v) is 5.31. The van der Waals surface area contributed by atoms with Crippen molar-refractivity contribution in [1.29, 1.82) is 0 Å². The van der Waals surface area contributed by atoms with Crippen LogP contribution in [0.4, 0.5) is 4.39 Å². The van der Waals surface area contributed by atoms with Crippen molar-refractivity contribution in [1.82, 2.24) is 14.5 Å². The molecule has 0 radical (unpaired) electrons. The molecule has 0 spiro atoms. The van der Waals surface area contributed by atoms with Crippen LogP contribution in [0.15, 0.2) is 53.4 Å². The molecule has 1 atom stereocenters. The highest BCUT2D eigenvalue weighted by atomic mass is 32.2. The minimum absolute atomic E-state index is 0.00844. The van der Waals surface area contributed by atoms with Crippen LogP contribution in [-0.2, 0) is 26.2 Å². The molecular formula is C23H28FN3O5S. The maximum atomic E-state index is 13.3. The zero-order valence-corrected chi connectivity index (χ0v) is 19.7. The topological polar surface area (TPSA) is 96.0 Å². The predicted molar refractivity (Wildman–Crippen MR) is 120 cm³/mol. The summed E-state index contributed by atoms with van der Waals surface area (Å²) >= 11 is 0. The lowest BCUT2D eigenvalue weighted by Gasteiger charge is -2.46. The number of hydrogen-bond acceptors (Lipinski definition) is 5. The van der Waals surface area contributed by atoms with Gasteiger partial charge in [0, 0.05) is 19.6 Å². The van der Waals surface area contributed by atoms with Crippen LogP contribution in [0, 0.1) is 5.82 Å². The summed E-state index contributed by atoms with van der Waals surface area (Å²) < 4.78 is 45.8. The molecule has 1 aliphatic rings. The molecule has 2 aromatic carbocycles. The van der Waals surface area contributed by atoms with Gasteiger partial charge in [0.15, 0.2) is 0 Å². The number of ether oxygens (including phenoxy) is 1. The molecule has 1 fully saturated rings. The number of carbonyl (C=O) groups is 2. The molecule has 10 heteroatoms. The van der Waals surface area contributed by atoms with Crippen molar-refractivity contribution in [2.75, 3.05) is 26.7 Å². The second-order valence-electron chi connectivity index (χ2n) is 8.08. The van der Waals surface area contributed by atoms with Gasteiger partial charge in [0.25, 0.3) is 0 Å². The van der Waals surface area contributed by atoms with Crippen LogP contribution in [0.25, 0.3) is 0 Å². The summed E-state index contributed by atoms with van der Waals surface area (Å²) in [7, 11) is -2.55. The van der Waals surface area contributed by atoms with Crippen LogP contribution in [0.2, 0.25) is 0 Å². The van der Waals surface area contributed by atoms with Gasteiger partial charge >= 0.3 is 0 Å². The number of nitrogens with zero attached hydrogens (tertiary/aromatic N) is 2. The van der Waals surface area contributed by atoms with Crippen LogP contribution >= 0.6 is 0 Å². The molecule has 0 saturated carbocycles. The monoisotopic (exact) mass is 477 g/mol. The van der Waals surface area contributed by atoms with Crippen LogP contribution in [0.5, 0.6) is 5.75 Å². The van der Waals surface area contributed by atoms with Crippen LogP contribution in [-0.4, -0.2) is 61.7 Å². The minimum Gasteiger partial charge on any atom is -0.497 e. The first-order valence-corrected chi connectivity index (χ1v) is 12.0. The Kier molecular flexibility index (Phi) is 7.38. The van der Waals surface area contributed by atoms with Crippen molar-refractivity contribution < 1.29 is 27.1 Å². The third kappa shape index (κ3) is 5.17. The van der Waals surface area contributed by atoms with Crippen LogP contribution in [0.3, 0.4) is 0 Å². The van der Waals surface area contributed by atoms with Crippen molar-refractivity contribution >= 4 is 21.8 Å². The summed E-state index contributed by atoms with van der Waals surface area (Å²) in [5, 5.41) is 2.77. The molecule has 2 amide bonds. The average molecular weight is 478 g/mol. The Labute approximate surface area is 193 Å². The van der Waals surface area contributed by atoms with Gasteiger partial charge in [0.1, 0.15) is 17.1 Å². The molecule has 1 heterocycles. The first kappa shape index (κ1) is 24.7. The number of sulfonamides is 1. The molecule has 1 saturated heterocycles. The molecule has 0 aliphatic carbocycles. The maximum Gasteiger partial charge on any atom is 0.247 e. The van der Waals surface area contributed by atoms with E-state index in [0.717, 1.165) is 4.31 Å². The van der Waals surface area contributed by atoms with E-state index >= 15 is 0 Å². The molecule has 178 valence electrons. The highest BCUT2D eigenvalue weighted by molar-refractivity contribution is 7.89. The van der Waals surface area contributed by atoms with Gasteiger partial charge < -0.3 is 15.0 Å². The molecule has 1 N–H and O–H groups in total. The average Bonchev–Trinajstić information content (AvgIpc) is 2.80. The SMILES string of the molecule is CCCN1C(=O)CN(S(=O)(=O)c2ccc(OC)cc2)C[C@@]1(C)C(=O)NCc1ccc(F)cc1. The smallest absolute Gasteiger partial charge is 0.247 e. The van der Waals surface area contributed by atoms with Crippen molar-refractivity contribution in [2.24, 2.45) is 0 Å². The molecule has 3 rings (SSSR count). The maximum absolute atomic E-state index is 13.3. The van der Waals surface area contributed by atoms with E-state index in [1.807, 2.05) is 6.92 Å². The standard InChI is InChI=1S/C23H28FN3O5S/c1-4-13-27-21(28)15-26(33(30,31)20-11-9-19(32-3)10-12-20)16-23(27,2)22(29)25-14-17-5-7-18(24)8-6-17/h5-12H,4,13-16H2,1-3H3,(H,25,29)/t23-/m0/s1. The molecule has 8 nitrogen and oxygen atoms in total. The largest absolute Gasteiger partial charge is 0.497 e. The summed E-state index contributed by atoms with van der Waals surface area (Å²) in [4.78, 5) is 27.7. The van der Waals surface area contributed by atoms with E-state index in [1.54, 1.807) is 19.1 Å². The predicted octanol–water partition coefficient (Wildman–Crippen LogP) is 2.15. The molecule has 2 aromatic rings. The Morgan fingerprint density at radius 3 is 2.36 bits per heavy atom. The number of halogens is 1. The second-order valence-corrected chi connectivity index (χ2v) is 10.0. The summed E-state index contributed by atoms with van der Waals surface area (Å²) in [6, 6.07) is 11.5. The first-order chi connectivity index (χ1) is 15.6. The number of amides is 2. The van der Waals surface area contributed by atoms with Gasteiger partial charge in [-0.05, 0) is 55.3 Å². The number of piperazine rings is 1. The lowest BCUT2D eigenvalue weighted by atomic mass is 9.95. The van der Waals surface area contributed by atoms with E-state index < -0.39 is 27.4 Å². The van der Waals surface area contributed by atoms with Crippen molar-refractivity contribution in [3.05, 3.63) is 59.9 Å². The van der Waals surface area contributed by atoms with Crippen molar-refractivity contribution in [3.63, 3.8) is 0 Å². The molecule has 0 aromatic heterocycles. The fourth-order valence-electron chi connectivity index (χ4n) is 3.83. The lowest BCUT2D eigenvalue weighted by Crippen LogP contribution is -2.69. The lowest BCUT2D eigenvalue weighted by molar-refractivity contribution is -0.152. The number of benzene rings is 2. The van der Waals surface area contributed by atoms with E-state index in [1.165, 1.54) is 48.4 Å². The van der Waals surface area contributed by atoms with Crippen LogP contribution in [0.1, 0.15) is 25.8 Å². The van der Waals surface area contributed by atoms with Gasteiger partial charge in [-0.1, -0.05) is 19.1 Å². The molecular weight excluding hydrogens is 449 g/mol. The summed E-state index contributed by atoms with van der Waals surface area (Å²) in [5.41, 5.74) is -0.731. The van der Waals surface area contributed by atoms with E-state index in [2.05, 4.69) is 5.32 Å². The summed E-state index contributed by atoms with van der Waals surface area (Å²) in [5.74, 6) is -0.811. The first-order valence-electron chi connectivity index (χ1n) is 10.6. The molecule has 1 aliphatic heterocycles. The Bertz CT molecular complexity index is 1110. The number of rotatable bonds is 8. The molecule has 0 bridgehead atoms. The van der Waals surface area contributed by atoms with Gasteiger partial charge in [-0.15, -0.1) is 0 Å². The number of carbonyl (C=O) groups excluding carboxylic acids is 2. The Morgan fingerprint density at radius 1 is 1.15 bits per heavy atom. The van der Waals surface area contributed by atoms with Crippen molar-refractivity contribution in [3.8, 4) is 5.75 Å². The number of methoxy groups -OCH3 is 1. The number of nitrogens with one attached hydrogen (secondary N) is 1. The van der Waals surface area contributed by atoms with E-state index in [0.29, 0.717) is 24.3 Å². The highest BCUT2D eigenvalue weighted by Gasteiger charge is 2.50. The third-order valence-electron chi connectivity index (χ3n) is 5.69. The van der Waals surface area contributed by atoms with Crippen LogP contribution < -0.4 is 10.1 Å². The second kappa shape index (κ2) is 9.88. The molecule has 33 heavy (non-hydrogen) atoms. The molecule has 0 unspecified atom stereocenters. The Hall–Kier alpha value is -2.98. The fraction of sp³-hybridized carbons (Fsp3) is 0.391. The highest BCUT2D eigenvalue weighted by Crippen LogP contribution is 2.28.